The number of sulfone groups is 1. The molecular formula is C13H17NO5S. The van der Waals surface area contributed by atoms with Crippen molar-refractivity contribution in [3.05, 3.63) is 29.8 Å². The second-order valence-electron chi connectivity index (χ2n) is 4.15. The SMILES string of the molecule is CCOC(=O)CNC(=O)CS(=O)(=O)c1ccc(C)cc1. The number of esters is 1. The van der Waals surface area contributed by atoms with Crippen LogP contribution in [-0.4, -0.2) is 39.2 Å². The van der Waals surface area contributed by atoms with Crippen LogP contribution in [-0.2, 0) is 24.2 Å². The Morgan fingerprint density at radius 3 is 2.35 bits per heavy atom. The molecule has 0 saturated heterocycles. The van der Waals surface area contributed by atoms with Crippen molar-refractivity contribution in [3.8, 4) is 0 Å². The van der Waals surface area contributed by atoms with Gasteiger partial charge in [0.1, 0.15) is 12.3 Å². The molecule has 1 aromatic carbocycles. The van der Waals surface area contributed by atoms with Crippen molar-refractivity contribution < 1.29 is 22.7 Å². The maximum absolute atomic E-state index is 11.9. The number of benzene rings is 1. The first kappa shape index (κ1) is 16.2. The van der Waals surface area contributed by atoms with Crippen LogP contribution in [0.3, 0.4) is 0 Å². The minimum Gasteiger partial charge on any atom is -0.465 e. The van der Waals surface area contributed by atoms with Crippen molar-refractivity contribution in [3.63, 3.8) is 0 Å². The van der Waals surface area contributed by atoms with E-state index in [1.807, 2.05) is 6.92 Å². The van der Waals surface area contributed by atoms with Gasteiger partial charge in [0.2, 0.25) is 5.91 Å². The third-order valence-corrected chi connectivity index (χ3v) is 4.07. The third-order valence-electron chi connectivity index (χ3n) is 2.44. The van der Waals surface area contributed by atoms with Crippen LogP contribution in [0.15, 0.2) is 29.2 Å². The Morgan fingerprint density at radius 1 is 1.20 bits per heavy atom. The number of amides is 1. The highest BCUT2D eigenvalue weighted by atomic mass is 32.2. The van der Waals surface area contributed by atoms with Crippen LogP contribution in [0, 0.1) is 6.92 Å². The summed E-state index contributed by atoms with van der Waals surface area (Å²) in [6.45, 7) is 3.34. The lowest BCUT2D eigenvalue weighted by atomic mass is 10.2. The van der Waals surface area contributed by atoms with E-state index in [1.54, 1.807) is 19.1 Å². The number of ether oxygens (including phenoxy) is 1. The maximum Gasteiger partial charge on any atom is 0.325 e. The second-order valence-corrected chi connectivity index (χ2v) is 6.14. The largest absolute Gasteiger partial charge is 0.465 e. The second kappa shape index (κ2) is 7.04. The molecule has 0 bridgehead atoms. The molecule has 0 aromatic heterocycles. The summed E-state index contributed by atoms with van der Waals surface area (Å²) in [4.78, 5) is 22.6. The van der Waals surface area contributed by atoms with Crippen LogP contribution in [0.4, 0.5) is 0 Å². The first-order valence-corrected chi connectivity index (χ1v) is 7.72. The van der Waals surface area contributed by atoms with Crippen LogP contribution >= 0.6 is 0 Å². The summed E-state index contributed by atoms with van der Waals surface area (Å²) in [7, 11) is -3.70. The van der Waals surface area contributed by atoms with Crippen molar-refractivity contribution in [2.45, 2.75) is 18.7 Å². The summed E-state index contributed by atoms with van der Waals surface area (Å²) in [6, 6.07) is 6.21. The fourth-order valence-corrected chi connectivity index (χ4v) is 2.60. The summed E-state index contributed by atoms with van der Waals surface area (Å²) in [5, 5.41) is 2.21. The zero-order valence-electron chi connectivity index (χ0n) is 11.4. The summed E-state index contributed by atoms with van der Waals surface area (Å²) in [5.41, 5.74) is 0.927. The van der Waals surface area contributed by atoms with Gasteiger partial charge in [-0.1, -0.05) is 17.7 Å². The van der Waals surface area contributed by atoms with Crippen molar-refractivity contribution in [2.24, 2.45) is 0 Å². The van der Waals surface area contributed by atoms with E-state index < -0.39 is 27.5 Å². The molecule has 0 radical (unpaired) electrons. The molecule has 1 rings (SSSR count). The van der Waals surface area contributed by atoms with Crippen molar-refractivity contribution >= 4 is 21.7 Å². The summed E-state index contributed by atoms with van der Waals surface area (Å²) in [6.07, 6.45) is 0. The Morgan fingerprint density at radius 2 is 1.80 bits per heavy atom. The Hall–Kier alpha value is -1.89. The lowest BCUT2D eigenvalue weighted by Gasteiger charge is -2.06. The zero-order valence-corrected chi connectivity index (χ0v) is 12.2. The molecule has 0 saturated carbocycles. The highest BCUT2D eigenvalue weighted by molar-refractivity contribution is 7.92. The highest BCUT2D eigenvalue weighted by Gasteiger charge is 2.19. The molecule has 1 N–H and O–H groups in total. The number of rotatable bonds is 6. The topological polar surface area (TPSA) is 89.5 Å². The van der Waals surface area contributed by atoms with E-state index in [0.29, 0.717) is 0 Å². The van der Waals surface area contributed by atoms with E-state index in [-0.39, 0.29) is 18.0 Å². The summed E-state index contributed by atoms with van der Waals surface area (Å²) in [5.74, 6) is -2.04. The number of aryl methyl sites for hydroxylation is 1. The molecule has 0 aliphatic heterocycles. The molecule has 1 aromatic rings. The average Bonchev–Trinajstić information content (AvgIpc) is 2.37. The smallest absolute Gasteiger partial charge is 0.325 e. The summed E-state index contributed by atoms with van der Waals surface area (Å²) < 4.78 is 28.5. The lowest BCUT2D eigenvalue weighted by molar-refractivity contribution is -0.143. The third kappa shape index (κ3) is 5.00. The first-order valence-electron chi connectivity index (χ1n) is 6.07. The molecule has 20 heavy (non-hydrogen) atoms. The standard InChI is InChI=1S/C13H17NO5S/c1-3-19-13(16)8-14-12(15)9-20(17,18)11-6-4-10(2)5-7-11/h4-7H,3,8-9H2,1-2H3,(H,14,15). The Labute approximate surface area is 118 Å². The Balaban J connectivity index is 2.60. The predicted octanol–water partition coefficient (Wildman–Crippen LogP) is 0.448. The molecule has 0 atom stereocenters. The van der Waals surface area contributed by atoms with E-state index >= 15 is 0 Å². The molecule has 0 spiro atoms. The van der Waals surface area contributed by atoms with Gasteiger partial charge in [-0.25, -0.2) is 8.42 Å². The molecule has 0 aliphatic rings. The molecular weight excluding hydrogens is 282 g/mol. The van der Waals surface area contributed by atoms with Crippen LogP contribution in [0.25, 0.3) is 0 Å². The van der Waals surface area contributed by atoms with Crippen molar-refractivity contribution in [1.82, 2.24) is 5.32 Å². The van der Waals surface area contributed by atoms with Crippen LogP contribution in [0.2, 0.25) is 0 Å². The molecule has 6 nitrogen and oxygen atoms in total. The van der Waals surface area contributed by atoms with E-state index in [1.165, 1.54) is 12.1 Å². The normalized spacial score (nSPS) is 10.9. The van der Waals surface area contributed by atoms with Gasteiger partial charge >= 0.3 is 5.97 Å². The quantitative estimate of drug-likeness (QED) is 0.770. The van der Waals surface area contributed by atoms with E-state index in [4.69, 9.17) is 0 Å². The van der Waals surface area contributed by atoms with Crippen LogP contribution in [0.1, 0.15) is 12.5 Å². The van der Waals surface area contributed by atoms with E-state index in [2.05, 4.69) is 10.1 Å². The fourth-order valence-electron chi connectivity index (χ4n) is 1.44. The minimum atomic E-state index is -3.70. The van der Waals surface area contributed by atoms with Crippen molar-refractivity contribution in [2.75, 3.05) is 18.9 Å². The Kier molecular flexibility index (Phi) is 5.69. The van der Waals surface area contributed by atoms with Crippen LogP contribution in [0.5, 0.6) is 0 Å². The van der Waals surface area contributed by atoms with Gasteiger partial charge in [-0.15, -0.1) is 0 Å². The maximum atomic E-state index is 11.9. The molecule has 0 fully saturated rings. The van der Waals surface area contributed by atoms with Gasteiger partial charge < -0.3 is 10.1 Å². The molecule has 0 unspecified atom stereocenters. The van der Waals surface area contributed by atoms with Gasteiger partial charge in [-0.2, -0.15) is 0 Å². The molecule has 0 heterocycles. The van der Waals surface area contributed by atoms with Crippen molar-refractivity contribution in [1.29, 1.82) is 0 Å². The molecule has 1 amide bonds. The number of nitrogens with one attached hydrogen (secondary N) is 1. The van der Waals surface area contributed by atoms with Gasteiger partial charge in [-0.3, -0.25) is 9.59 Å². The monoisotopic (exact) mass is 299 g/mol. The lowest BCUT2D eigenvalue weighted by Crippen LogP contribution is -2.35. The highest BCUT2D eigenvalue weighted by Crippen LogP contribution is 2.11. The van der Waals surface area contributed by atoms with Crippen LogP contribution < -0.4 is 5.32 Å². The first-order chi connectivity index (χ1) is 9.35. The Bertz CT molecular complexity index is 577. The summed E-state index contributed by atoms with van der Waals surface area (Å²) >= 11 is 0. The van der Waals surface area contributed by atoms with Gasteiger partial charge in [-0.05, 0) is 26.0 Å². The van der Waals surface area contributed by atoms with E-state index in [0.717, 1.165) is 5.56 Å². The number of carbonyl (C=O) groups is 2. The number of hydrogen-bond acceptors (Lipinski definition) is 5. The molecule has 0 aliphatic carbocycles. The van der Waals surface area contributed by atoms with Gasteiger partial charge in [0.15, 0.2) is 9.84 Å². The van der Waals surface area contributed by atoms with Gasteiger partial charge in [0.25, 0.3) is 0 Å². The minimum absolute atomic E-state index is 0.0781. The van der Waals surface area contributed by atoms with Gasteiger partial charge in [0, 0.05) is 0 Å². The predicted molar refractivity (Wildman–Crippen MR) is 72.9 cm³/mol. The zero-order chi connectivity index (χ0) is 15.2. The van der Waals surface area contributed by atoms with Gasteiger partial charge in [0.05, 0.1) is 11.5 Å². The average molecular weight is 299 g/mol. The molecule has 110 valence electrons. The fraction of sp³-hybridized carbons (Fsp3) is 0.385. The van der Waals surface area contributed by atoms with E-state index in [9.17, 15) is 18.0 Å². The molecule has 7 heteroatoms. The number of carbonyl (C=O) groups excluding carboxylic acids is 2. The number of hydrogen-bond donors (Lipinski definition) is 1.